The van der Waals surface area contributed by atoms with Gasteiger partial charge in [0.05, 0.1) is 23.4 Å². The van der Waals surface area contributed by atoms with Gasteiger partial charge in [-0.3, -0.25) is 4.90 Å². The van der Waals surface area contributed by atoms with Crippen molar-refractivity contribution >= 4 is 39.0 Å². The number of piperazine rings is 1. The van der Waals surface area contributed by atoms with Gasteiger partial charge in [0, 0.05) is 50.7 Å². The van der Waals surface area contributed by atoms with Crippen molar-refractivity contribution in [3.8, 4) is 0 Å². The fourth-order valence-electron chi connectivity index (χ4n) is 3.23. The molecule has 2 aromatic rings. The summed E-state index contributed by atoms with van der Waals surface area (Å²) in [4.78, 5) is 17.4. The molecule has 0 aromatic carbocycles. The number of fused-ring (bicyclic) bond motifs is 1. The Kier molecular flexibility index (Phi) is 4.87. The number of nitrogens with zero attached hydrogens (tertiary/aromatic N) is 5. The van der Waals surface area contributed by atoms with Crippen molar-refractivity contribution in [2.75, 3.05) is 64.4 Å². The molecule has 4 rings (SSSR count). The molecule has 4 heterocycles. The second kappa shape index (κ2) is 7.09. The molecule has 0 saturated carbocycles. The first-order chi connectivity index (χ1) is 11.7. The molecule has 24 heavy (non-hydrogen) atoms. The van der Waals surface area contributed by atoms with Gasteiger partial charge >= 0.3 is 0 Å². The molecule has 0 amide bonds. The van der Waals surface area contributed by atoms with Crippen molar-refractivity contribution in [2.45, 2.75) is 6.54 Å². The Bertz CT molecular complexity index is 710. The van der Waals surface area contributed by atoms with E-state index in [1.165, 1.54) is 4.88 Å². The van der Waals surface area contributed by atoms with E-state index in [9.17, 15) is 0 Å². The topological polar surface area (TPSA) is 44.7 Å². The summed E-state index contributed by atoms with van der Waals surface area (Å²) in [6, 6.07) is 2.18. The van der Waals surface area contributed by atoms with Gasteiger partial charge in [-0.05, 0) is 24.7 Å². The van der Waals surface area contributed by atoms with Crippen molar-refractivity contribution in [1.82, 2.24) is 19.8 Å². The Morgan fingerprint density at radius 1 is 1.12 bits per heavy atom. The summed E-state index contributed by atoms with van der Waals surface area (Å²) in [6.45, 7) is 8.68. The van der Waals surface area contributed by atoms with E-state index in [-0.39, 0.29) is 0 Å². The lowest BCUT2D eigenvalue weighted by Gasteiger charge is -2.31. The van der Waals surface area contributed by atoms with Gasteiger partial charge in [0.25, 0.3) is 0 Å². The van der Waals surface area contributed by atoms with E-state index in [0.717, 1.165) is 75.1 Å². The summed E-state index contributed by atoms with van der Waals surface area (Å²) in [5.74, 6) is 0.961. The highest BCUT2D eigenvalue weighted by Crippen LogP contribution is 2.34. The number of likely N-dealkylation sites (N-methyl/N-ethyl adjacent to an activating group) is 1. The molecule has 2 saturated heterocycles. The average molecular weight is 368 g/mol. The highest BCUT2D eigenvalue weighted by molar-refractivity contribution is 7.19. The van der Waals surface area contributed by atoms with Crippen LogP contribution < -0.4 is 4.90 Å². The van der Waals surface area contributed by atoms with Crippen LogP contribution in [0, 0.1) is 0 Å². The average Bonchev–Trinajstić information content (AvgIpc) is 2.99. The zero-order chi connectivity index (χ0) is 16.5. The third kappa shape index (κ3) is 3.50. The van der Waals surface area contributed by atoms with Gasteiger partial charge in [0.15, 0.2) is 5.82 Å². The maximum atomic E-state index is 6.17. The fourth-order valence-corrected chi connectivity index (χ4v) is 4.56. The lowest BCUT2D eigenvalue weighted by molar-refractivity contribution is 0.122. The molecule has 0 bridgehead atoms. The zero-order valence-corrected chi connectivity index (χ0v) is 15.4. The Balaban J connectivity index is 1.59. The van der Waals surface area contributed by atoms with Crippen LogP contribution >= 0.6 is 22.9 Å². The minimum Gasteiger partial charge on any atom is -0.378 e. The lowest BCUT2D eigenvalue weighted by atomic mass is 10.3. The van der Waals surface area contributed by atoms with Gasteiger partial charge in [-0.25, -0.2) is 4.98 Å². The molecular formula is C16H22ClN5OS. The molecule has 0 aliphatic carbocycles. The van der Waals surface area contributed by atoms with Gasteiger partial charge in [0.1, 0.15) is 0 Å². The first-order valence-corrected chi connectivity index (χ1v) is 9.58. The van der Waals surface area contributed by atoms with Crippen molar-refractivity contribution in [3.05, 3.63) is 16.2 Å². The molecular weight excluding hydrogens is 346 g/mol. The van der Waals surface area contributed by atoms with Crippen LogP contribution in [0.1, 0.15) is 4.88 Å². The number of hydrogen-bond donors (Lipinski definition) is 0. The van der Waals surface area contributed by atoms with Crippen LogP contribution in [0.2, 0.25) is 5.28 Å². The van der Waals surface area contributed by atoms with E-state index in [1.807, 2.05) is 0 Å². The molecule has 2 aliphatic heterocycles. The summed E-state index contributed by atoms with van der Waals surface area (Å²) in [5.41, 5.74) is 0.964. The molecule has 2 fully saturated rings. The summed E-state index contributed by atoms with van der Waals surface area (Å²) in [6.07, 6.45) is 0. The molecule has 0 unspecified atom stereocenters. The number of aromatic nitrogens is 2. The maximum Gasteiger partial charge on any atom is 0.224 e. The Morgan fingerprint density at radius 3 is 2.62 bits per heavy atom. The predicted octanol–water partition coefficient (Wildman–Crippen LogP) is 1.93. The van der Waals surface area contributed by atoms with Crippen molar-refractivity contribution in [1.29, 1.82) is 0 Å². The third-order valence-corrected chi connectivity index (χ3v) is 5.94. The van der Waals surface area contributed by atoms with Gasteiger partial charge in [-0.1, -0.05) is 0 Å². The summed E-state index contributed by atoms with van der Waals surface area (Å²) < 4.78 is 6.60. The van der Waals surface area contributed by atoms with Crippen molar-refractivity contribution in [3.63, 3.8) is 0 Å². The van der Waals surface area contributed by atoms with Crippen LogP contribution in [0.4, 0.5) is 5.82 Å². The van der Waals surface area contributed by atoms with E-state index >= 15 is 0 Å². The number of rotatable bonds is 3. The van der Waals surface area contributed by atoms with Crippen LogP contribution in [0.5, 0.6) is 0 Å². The molecule has 2 aliphatic rings. The van der Waals surface area contributed by atoms with Gasteiger partial charge < -0.3 is 14.5 Å². The van der Waals surface area contributed by atoms with Crippen LogP contribution in [0.3, 0.4) is 0 Å². The van der Waals surface area contributed by atoms with Gasteiger partial charge in [0.2, 0.25) is 5.28 Å². The first kappa shape index (κ1) is 16.5. The Labute approximate surface area is 151 Å². The van der Waals surface area contributed by atoms with Crippen LogP contribution in [0.25, 0.3) is 10.2 Å². The summed E-state index contributed by atoms with van der Waals surface area (Å²) in [5, 5.41) is 0.327. The van der Waals surface area contributed by atoms with Crippen molar-refractivity contribution in [2.24, 2.45) is 0 Å². The Hall–Kier alpha value is -0.990. The fraction of sp³-hybridized carbons (Fsp3) is 0.625. The van der Waals surface area contributed by atoms with E-state index < -0.39 is 0 Å². The standard InChI is InChI=1S/C16H22ClN5OS/c1-20-2-4-21(5-3-20)11-12-10-13-14(24-12)15(19-16(17)18-13)22-6-8-23-9-7-22/h10H,2-9,11H2,1H3. The summed E-state index contributed by atoms with van der Waals surface area (Å²) >= 11 is 7.97. The normalized spacial score (nSPS) is 20.8. The molecule has 6 nitrogen and oxygen atoms in total. The maximum absolute atomic E-state index is 6.17. The van der Waals surface area contributed by atoms with E-state index in [4.69, 9.17) is 16.3 Å². The molecule has 0 spiro atoms. The number of hydrogen-bond acceptors (Lipinski definition) is 7. The number of halogens is 1. The number of anilines is 1. The number of ether oxygens (including phenoxy) is 1. The molecule has 0 N–H and O–H groups in total. The smallest absolute Gasteiger partial charge is 0.224 e. The van der Waals surface area contributed by atoms with Gasteiger partial charge in [-0.15, -0.1) is 11.3 Å². The molecule has 2 aromatic heterocycles. The second-order valence-electron chi connectivity index (χ2n) is 6.42. The number of morpholine rings is 1. The van der Waals surface area contributed by atoms with E-state index in [2.05, 4.69) is 37.8 Å². The number of thiophene rings is 1. The van der Waals surface area contributed by atoms with Crippen LogP contribution in [-0.2, 0) is 11.3 Å². The van der Waals surface area contributed by atoms with Crippen LogP contribution in [-0.4, -0.2) is 79.3 Å². The van der Waals surface area contributed by atoms with Gasteiger partial charge in [-0.2, -0.15) is 4.98 Å². The van der Waals surface area contributed by atoms with Crippen LogP contribution in [0.15, 0.2) is 6.07 Å². The third-order valence-electron chi connectivity index (χ3n) is 4.66. The van der Waals surface area contributed by atoms with Crippen molar-refractivity contribution < 1.29 is 4.74 Å². The van der Waals surface area contributed by atoms with E-state index in [0.29, 0.717) is 5.28 Å². The minimum atomic E-state index is 0.327. The molecule has 130 valence electrons. The highest BCUT2D eigenvalue weighted by atomic mass is 35.5. The van der Waals surface area contributed by atoms with E-state index in [1.54, 1.807) is 11.3 Å². The highest BCUT2D eigenvalue weighted by Gasteiger charge is 2.20. The molecule has 0 atom stereocenters. The molecule has 8 heteroatoms. The lowest BCUT2D eigenvalue weighted by Crippen LogP contribution is -2.43. The summed E-state index contributed by atoms with van der Waals surface area (Å²) in [7, 11) is 2.18. The first-order valence-electron chi connectivity index (χ1n) is 8.38. The predicted molar refractivity (Wildman–Crippen MR) is 98.2 cm³/mol. The minimum absolute atomic E-state index is 0.327. The second-order valence-corrected chi connectivity index (χ2v) is 7.90. The quantitative estimate of drug-likeness (QED) is 0.772. The largest absolute Gasteiger partial charge is 0.378 e. The monoisotopic (exact) mass is 367 g/mol. The Morgan fingerprint density at radius 2 is 1.88 bits per heavy atom. The SMILES string of the molecule is CN1CCN(Cc2cc3nc(Cl)nc(N4CCOCC4)c3s2)CC1. The zero-order valence-electron chi connectivity index (χ0n) is 13.9. The molecule has 0 radical (unpaired) electrons.